The van der Waals surface area contributed by atoms with Crippen molar-refractivity contribution in [2.45, 2.75) is 302 Å². The van der Waals surface area contributed by atoms with Crippen molar-refractivity contribution >= 4 is 19.8 Å². The maximum Gasteiger partial charge on any atom is 0.306 e. The number of unbranched alkanes of at least 4 members (excludes halogenated alkanes) is 30. The molecule has 0 N–H and O–H groups in total. The molecule has 86 heavy (non-hydrogen) atoms. The van der Waals surface area contributed by atoms with Gasteiger partial charge < -0.3 is 27.9 Å². The molecule has 0 saturated carbocycles. The molecule has 0 spiro atoms. The molecular formula is C76H132NO8P. The van der Waals surface area contributed by atoms with Crippen LogP contribution in [0.5, 0.6) is 0 Å². The van der Waals surface area contributed by atoms with Crippen LogP contribution >= 0.6 is 7.82 Å². The van der Waals surface area contributed by atoms with Gasteiger partial charge in [0.15, 0.2) is 6.10 Å². The average Bonchev–Trinajstić information content (AvgIpc) is 3.56. The third kappa shape index (κ3) is 69.5. The first-order valence-corrected chi connectivity index (χ1v) is 36.7. The Kier molecular flexibility index (Phi) is 63.1. The van der Waals surface area contributed by atoms with E-state index < -0.39 is 26.5 Å². The van der Waals surface area contributed by atoms with Gasteiger partial charge in [0, 0.05) is 12.8 Å². The van der Waals surface area contributed by atoms with Crippen LogP contribution < -0.4 is 4.89 Å². The van der Waals surface area contributed by atoms with Crippen LogP contribution in [-0.2, 0) is 32.7 Å². The number of hydrogen-bond donors (Lipinski definition) is 0. The Hall–Kier alpha value is -3.59. The lowest BCUT2D eigenvalue weighted by atomic mass is 10.0. The molecule has 0 aliphatic heterocycles. The molecular weight excluding hydrogens is 1090 g/mol. The van der Waals surface area contributed by atoms with Crippen molar-refractivity contribution in [3.05, 3.63) is 122 Å². The highest BCUT2D eigenvalue weighted by atomic mass is 31.2. The van der Waals surface area contributed by atoms with Crippen molar-refractivity contribution < 1.29 is 42.1 Å². The van der Waals surface area contributed by atoms with Crippen LogP contribution in [-0.4, -0.2) is 70.0 Å². The molecule has 0 aromatic rings. The van der Waals surface area contributed by atoms with Gasteiger partial charge in [-0.05, 0) is 109 Å². The van der Waals surface area contributed by atoms with Gasteiger partial charge in [-0.25, -0.2) is 0 Å². The molecule has 0 radical (unpaired) electrons. The fourth-order valence-corrected chi connectivity index (χ4v) is 10.3. The molecule has 2 atom stereocenters. The highest BCUT2D eigenvalue weighted by Crippen LogP contribution is 2.38. The molecule has 0 heterocycles. The predicted octanol–water partition coefficient (Wildman–Crippen LogP) is 22.4. The number of phosphoric ester groups is 1. The molecule has 0 saturated heterocycles. The summed E-state index contributed by atoms with van der Waals surface area (Å²) in [5.74, 6) is -0.833. The number of phosphoric acid groups is 1. The highest BCUT2D eigenvalue weighted by Gasteiger charge is 2.22. The van der Waals surface area contributed by atoms with Crippen molar-refractivity contribution in [1.29, 1.82) is 0 Å². The fourth-order valence-electron chi connectivity index (χ4n) is 9.59. The molecule has 0 aliphatic carbocycles. The number of likely N-dealkylation sites (N-methyl/N-ethyl adjacent to an activating group) is 1. The molecule has 494 valence electrons. The van der Waals surface area contributed by atoms with Gasteiger partial charge in [0.1, 0.15) is 19.8 Å². The molecule has 0 aromatic heterocycles. The SMILES string of the molecule is CC/C=C\C/C=C\C/C=C\C/C=C\C/C=C\C/C=C\C/C=C\C/C=C\CCCCCCCCCCCCCCCCC(=O)OC(COC(=O)CCCCCCCCCCCCC/C=C\C/C=C\CCCCCCC)COP(=O)([O-])OCC[N+](C)(C)C. The predicted molar refractivity (Wildman–Crippen MR) is 369 cm³/mol. The van der Waals surface area contributed by atoms with Gasteiger partial charge in [-0.15, -0.1) is 0 Å². The summed E-state index contributed by atoms with van der Waals surface area (Å²) in [6, 6.07) is 0. The summed E-state index contributed by atoms with van der Waals surface area (Å²) < 4.78 is 34.3. The monoisotopic (exact) mass is 1220 g/mol. The second kappa shape index (κ2) is 65.8. The summed E-state index contributed by atoms with van der Waals surface area (Å²) in [4.78, 5) is 38.1. The van der Waals surface area contributed by atoms with Gasteiger partial charge in [0.25, 0.3) is 7.82 Å². The number of ether oxygens (including phenoxy) is 2. The van der Waals surface area contributed by atoms with Crippen LogP contribution in [0, 0.1) is 0 Å². The van der Waals surface area contributed by atoms with E-state index >= 15 is 0 Å². The van der Waals surface area contributed by atoms with Crippen LogP contribution in [0.3, 0.4) is 0 Å². The molecule has 2 unspecified atom stereocenters. The standard InChI is InChI=1S/C76H132NO8P/c1-6-8-10-12-14-16-18-20-22-24-26-28-30-31-32-33-34-35-36-37-38-39-40-41-42-43-44-45-47-49-51-53-55-57-59-61-63-65-67-69-76(79)85-74(73-84-86(80,81)83-71-70-77(3,4)5)72-82-75(78)68-66-64-62-60-58-56-54-52-50-48-46-29-27-25-23-21-19-17-15-13-11-9-7-2/h8,10,14,16,19-22,25-28,31-32,34-35,37-38,40-41,74H,6-7,9,11-13,15,17-18,23-24,29-30,33,36,39,42-73H2,1-5H3/b10-8-,16-14-,21-19-,22-20-,27-25-,28-26-,32-31-,35-34-,38-37-,41-40-. The van der Waals surface area contributed by atoms with Gasteiger partial charge in [-0.1, -0.05) is 296 Å². The quantitative estimate of drug-likeness (QED) is 0.0195. The Morgan fingerprint density at radius 3 is 0.988 bits per heavy atom. The smallest absolute Gasteiger partial charge is 0.306 e. The van der Waals surface area contributed by atoms with Gasteiger partial charge in [-0.3, -0.25) is 14.2 Å². The van der Waals surface area contributed by atoms with Gasteiger partial charge >= 0.3 is 11.9 Å². The lowest BCUT2D eigenvalue weighted by Gasteiger charge is -2.28. The fraction of sp³-hybridized carbons (Fsp3) is 0.711. The molecule has 9 nitrogen and oxygen atoms in total. The van der Waals surface area contributed by atoms with Crippen molar-refractivity contribution in [1.82, 2.24) is 0 Å². The Morgan fingerprint density at radius 1 is 0.372 bits per heavy atom. The third-order valence-electron chi connectivity index (χ3n) is 15.0. The summed E-state index contributed by atoms with van der Waals surface area (Å²) in [6.07, 6.45) is 94.1. The Morgan fingerprint density at radius 2 is 0.663 bits per heavy atom. The second-order valence-electron chi connectivity index (χ2n) is 24.5. The molecule has 0 aliphatic rings. The number of allylic oxidation sites excluding steroid dienone is 20. The number of carbonyl (C=O) groups is 2. The first kappa shape index (κ1) is 82.4. The van der Waals surface area contributed by atoms with E-state index in [0.29, 0.717) is 17.4 Å². The Labute approximate surface area is 530 Å². The Bertz CT molecular complexity index is 1870. The van der Waals surface area contributed by atoms with E-state index in [9.17, 15) is 19.0 Å². The van der Waals surface area contributed by atoms with Crippen LogP contribution in [0.1, 0.15) is 296 Å². The summed E-state index contributed by atoms with van der Waals surface area (Å²) in [6.45, 7) is 4.13. The first-order valence-electron chi connectivity index (χ1n) is 35.2. The Balaban J connectivity index is 4.05. The van der Waals surface area contributed by atoms with E-state index in [1.54, 1.807) is 0 Å². The molecule has 0 fully saturated rings. The van der Waals surface area contributed by atoms with Crippen LogP contribution in [0.15, 0.2) is 122 Å². The van der Waals surface area contributed by atoms with E-state index in [1.165, 1.54) is 167 Å². The maximum absolute atomic E-state index is 12.9. The minimum atomic E-state index is -4.65. The minimum absolute atomic E-state index is 0.0349. The van der Waals surface area contributed by atoms with Gasteiger partial charge in [0.2, 0.25) is 0 Å². The number of nitrogens with zero attached hydrogens (tertiary/aromatic N) is 1. The normalized spacial score (nSPS) is 13.9. The number of esters is 2. The van der Waals surface area contributed by atoms with Crippen molar-refractivity contribution in [3.8, 4) is 0 Å². The maximum atomic E-state index is 12.9. The van der Waals surface area contributed by atoms with Crippen molar-refractivity contribution in [2.75, 3.05) is 47.5 Å². The number of hydrogen-bond acceptors (Lipinski definition) is 8. The molecule has 0 rings (SSSR count). The van der Waals surface area contributed by atoms with Crippen molar-refractivity contribution in [2.24, 2.45) is 0 Å². The van der Waals surface area contributed by atoms with Crippen LogP contribution in [0.2, 0.25) is 0 Å². The molecule has 0 amide bonds. The third-order valence-corrected chi connectivity index (χ3v) is 15.9. The summed E-state index contributed by atoms with van der Waals surface area (Å²) in [5.41, 5.74) is 0. The summed E-state index contributed by atoms with van der Waals surface area (Å²) in [5, 5.41) is 0. The topological polar surface area (TPSA) is 111 Å². The second-order valence-corrected chi connectivity index (χ2v) is 25.9. The van der Waals surface area contributed by atoms with E-state index in [0.717, 1.165) is 96.3 Å². The number of quaternary nitrogens is 1. The molecule has 0 aromatic carbocycles. The highest BCUT2D eigenvalue weighted by molar-refractivity contribution is 7.45. The van der Waals surface area contributed by atoms with E-state index in [1.807, 2.05) is 21.1 Å². The lowest BCUT2D eigenvalue weighted by molar-refractivity contribution is -0.870. The summed E-state index contributed by atoms with van der Waals surface area (Å²) in [7, 11) is 1.16. The van der Waals surface area contributed by atoms with E-state index in [4.69, 9.17) is 18.5 Å². The average molecular weight is 1220 g/mol. The van der Waals surface area contributed by atoms with Crippen molar-refractivity contribution in [3.63, 3.8) is 0 Å². The molecule has 0 bridgehead atoms. The minimum Gasteiger partial charge on any atom is -0.756 e. The molecule has 10 heteroatoms. The number of rotatable bonds is 64. The largest absolute Gasteiger partial charge is 0.756 e. The van der Waals surface area contributed by atoms with Crippen LogP contribution in [0.25, 0.3) is 0 Å². The number of carbonyl (C=O) groups excluding carboxylic acids is 2. The zero-order valence-corrected chi connectivity index (χ0v) is 57.1. The zero-order valence-electron chi connectivity index (χ0n) is 56.2. The van der Waals surface area contributed by atoms with E-state index in [-0.39, 0.29) is 32.0 Å². The summed E-state index contributed by atoms with van der Waals surface area (Å²) >= 11 is 0. The first-order chi connectivity index (χ1) is 42.0. The van der Waals surface area contributed by atoms with Crippen LogP contribution in [0.4, 0.5) is 0 Å². The van der Waals surface area contributed by atoms with E-state index in [2.05, 4.69) is 135 Å². The van der Waals surface area contributed by atoms with Gasteiger partial charge in [-0.2, -0.15) is 0 Å². The zero-order chi connectivity index (χ0) is 62.6. The lowest BCUT2D eigenvalue weighted by Crippen LogP contribution is -2.37. The van der Waals surface area contributed by atoms with Gasteiger partial charge in [0.05, 0.1) is 27.7 Å².